The summed E-state index contributed by atoms with van der Waals surface area (Å²) in [6.07, 6.45) is 0. The molecule has 0 atom stereocenters. The van der Waals surface area contributed by atoms with Gasteiger partial charge in [0, 0.05) is 0 Å². The fraction of sp³-hybridized carbons (Fsp3) is 0.250. The summed E-state index contributed by atoms with van der Waals surface area (Å²) in [6, 6.07) is 5.52. The van der Waals surface area contributed by atoms with Crippen LogP contribution in [-0.4, -0.2) is 56.5 Å². The summed E-state index contributed by atoms with van der Waals surface area (Å²) in [5.74, 6) is 0.384. The summed E-state index contributed by atoms with van der Waals surface area (Å²) in [4.78, 5) is 0. The van der Waals surface area contributed by atoms with Gasteiger partial charge in [-0.2, -0.15) is 0 Å². The third-order valence-corrected chi connectivity index (χ3v) is 1.58. The number of phenols is 1. The molecule has 0 saturated heterocycles. The Morgan fingerprint density at radius 2 is 1.80 bits per heavy atom. The summed E-state index contributed by atoms with van der Waals surface area (Å²) in [6.45, 7) is 3.89. The number of aromatic hydroxyl groups is 1. The van der Waals surface area contributed by atoms with Crippen molar-refractivity contribution in [2.75, 3.05) is 0 Å². The van der Waals surface area contributed by atoms with Gasteiger partial charge >= 0.3 is 51.4 Å². The van der Waals surface area contributed by atoms with Crippen molar-refractivity contribution in [3.63, 3.8) is 0 Å². The maximum absolute atomic E-state index is 9.10. The summed E-state index contributed by atoms with van der Waals surface area (Å²) in [5.41, 5.74) is 2.10. The summed E-state index contributed by atoms with van der Waals surface area (Å²) in [7, 11) is 0. The molecule has 10 heavy (non-hydrogen) atoms. The molecule has 0 aliphatic carbocycles. The van der Waals surface area contributed by atoms with E-state index in [0.29, 0.717) is 5.75 Å². The van der Waals surface area contributed by atoms with E-state index in [4.69, 9.17) is 5.11 Å². The van der Waals surface area contributed by atoms with E-state index in [-0.39, 0.29) is 51.4 Å². The SMILES string of the molecule is Cc1cccc(O)c1C.[KH]. The molecular formula is C8H11KO. The predicted octanol–water partition coefficient (Wildman–Crippen LogP) is 1.36. The van der Waals surface area contributed by atoms with Crippen LogP contribution in [0.4, 0.5) is 0 Å². The first-order chi connectivity index (χ1) is 4.22. The third kappa shape index (κ3) is 2.36. The monoisotopic (exact) mass is 162 g/mol. The van der Waals surface area contributed by atoms with E-state index < -0.39 is 0 Å². The molecule has 1 N–H and O–H groups in total. The number of aryl methyl sites for hydroxylation is 1. The van der Waals surface area contributed by atoms with E-state index in [1.807, 2.05) is 26.0 Å². The van der Waals surface area contributed by atoms with Crippen LogP contribution < -0.4 is 0 Å². The van der Waals surface area contributed by atoms with Crippen molar-refractivity contribution in [3.8, 4) is 5.75 Å². The van der Waals surface area contributed by atoms with E-state index in [0.717, 1.165) is 11.1 Å². The average molecular weight is 162 g/mol. The Bertz CT molecular complexity index is 200. The van der Waals surface area contributed by atoms with Gasteiger partial charge in [-0.3, -0.25) is 0 Å². The second-order valence-electron chi connectivity index (χ2n) is 2.22. The van der Waals surface area contributed by atoms with E-state index >= 15 is 0 Å². The molecule has 0 bridgehead atoms. The average Bonchev–Trinajstić information content (AvgIpc) is 1.83. The summed E-state index contributed by atoms with van der Waals surface area (Å²) in [5, 5.41) is 9.10. The van der Waals surface area contributed by atoms with Gasteiger partial charge in [0.25, 0.3) is 0 Å². The van der Waals surface area contributed by atoms with Gasteiger partial charge in [-0.15, -0.1) is 0 Å². The van der Waals surface area contributed by atoms with E-state index in [1.165, 1.54) is 0 Å². The van der Waals surface area contributed by atoms with Crippen LogP contribution in [0.5, 0.6) is 5.75 Å². The molecule has 0 spiro atoms. The number of phenolic OH excluding ortho intramolecular Hbond substituents is 1. The van der Waals surface area contributed by atoms with E-state index in [2.05, 4.69) is 0 Å². The van der Waals surface area contributed by atoms with Crippen molar-refractivity contribution in [3.05, 3.63) is 29.3 Å². The Morgan fingerprint density at radius 3 is 2.20 bits per heavy atom. The van der Waals surface area contributed by atoms with Crippen LogP contribution in [0, 0.1) is 13.8 Å². The summed E-state index contributed by atoms with van der Waals surface area (Å²) < 4.78 is 0. The zero-order chi connectivity index (χ0) is 6.85. The standard InChI is InChI=1S/C8H10O.K.H/c1-6-4-3-5-8(9)7(6)2;;/h3-5,9H,1-2H3;;. The predicted molar refractivity (Wildman–Crippen MR) is 44.7 cm³/mol. The zero-order valence-corrected chi connectivity index (χ0v) is 5.68. The van der Waals surface area contributed by atoms with Crippen molar-refractivity contribution in [2.24, 2.45) is 0 Å². The molecular weight excluding hydrogens is 151 g/mol. The quantitative estimate of drug-likeness (QED) is 0.571. The van der Waals surface area contributed by atoms with Crippen LogP contribution in [0.2, 0.25) is 0 Å². The molecule has 0 unspecified atom stereocenters. The molecule has 0 saturated carbocycles. The molecule has 1 aromatic carbocycles. The van der Waals surface area contributed by atoms with Crippen LogP contribution in [0.25, 0.3) is 0 Å². The number of rotatable bonds is 0. The van der Waals surface area contributed by atoms with Crippen LogP contribution in [0.15, 0.2) is 18.2 Å². The Hall–Kier alpha value is 0.656. The minimum atomic E-state index is 0. The van der Waals surface area contributed by atoms with Crippen molar-refractivity contribution in [2.45, 2.75) is 13.8 Å². The van der Waals surface area contributed by atoms with Gasteiger partial charge in [-0.05, 0) is 31.0 Å². The Morgan fingerprint density at radius 1 is 1.20 bits per heavy atom. The van der Waals surface area contributed by atoms with Crippen molar-refractivity contribution in [1.82, 2.24) is 0 Å². The van der Waals surface area contributed by atoms with E-state index in [9.17, 15) is 0 Å². The van der Waals surface area contributed by atoms with Crippen molar-refractivity contribution < 1.29 is 5.11 Å². The molecule has 0 aliphatic heterocycles. The molecule has 0 amide bonds. The Labute approximate surface area is 104 Å². The van der Waals surface area contributed by atoms with Crippen LogP contribution in [-0.2, 0) is 0 Å². The van der Waals surface area contributed by atoms with Gasteiger partial charge < -0.3 is 5.11 Å². The molecule has 1 nitrogen and oxygen atoms in total. The number of hydrogen-bond acceptors (Lipinski definition) is 1. The maximum atomic E-state index is 9.10. The zero-order valence-electron chi connectivity index (χ0n) is 5.68. The van der Waals surface area contributed by atoms with E-state index in [1.54, 1.807) is 6.07 Å². The number of benzene rings is 1. The molecule has 50 valence electrons. The molecule has 0 aromatic heterocycles. The van der Waals surface area contributed by atoms with Gasteiger partial charge in [0.15, 0.2) is 0 Å². The molecule has 0 fully saturated rings. The van der Waals surface area contributed by atoms with Gasteiger partial charge in [-0.25, -0.2) is 0 Å². The first kappa shape index (κ1) is 10.7. The fourth-order valence-electron chi connectivity index (χ4n) is 0.736. The van der Waals surface area contributed by atoms with Crippen LogP contribution in [0.1, 0.15) is 11.1 Å². The van der Waals surface area contributed by atoms with Gasteiger partial charge in [0.1, 0.15) is 5.75 Å². The van der Waals surface area contributed by atoms with Gasteiger partial charge in [0.2, 0.25) is 0 Å². The number of hydrogen-bond donors (Lipinski definition) is 1. The molecule has 2 heteroatoms. The fourth-order valence-corrected chi connectivity index (χ4v) is 0.736. The molecule has 0 radical (unpaired) electrons. The first-order valence-corrected chi connectivity index (χ1v) is 2.97. The Balaban J connectivity index is 0.000000810. The van der Waals surface area contributed by atoms with Crippen molar-refractivity contribution in [1.29, 1.82) is 0 Å². The van der Waals surface area contributed by atoms with Crippen LogP contribution in [0.3, 0.4) is 0 Å². The topological polar surface area (TPSA) is 20.2 Å². The van der Waals surface area contributed by atoms with Crippen molar-refractivity contribution >= 4 is 51.4 Å². The molecule has 0 aliphatic rings. The normalized spacial score (nSPS) is 8.60. The molecule has 1 aromatic rings. The second kappa shape index (κ2) is 4.52. The molecule has 0 heterocycles. The van der Waals surface area contributed by atoms with Gasteiger partial charge in [0.05, 0.1) is 0 Å². The van der Waals surface area contributed by atoms with Gasteiger partial charge in [-0.1, -0.05) is 12.1 Å². The minimum absolute atomic E-state index is 0. The Kier molecular flexibility index (Phi) is 4.81. The first-order valence-electron chi connectivity index (χ1n) is 2.97. The summed E-state index contributed by atoms with van der Waals surface area (Å²) >= 11 is 0. The van der Waals surface area contributed by atoms with Crippen LogP contribution >= 0.6 is 0 Å². The molecule has 1 rings (SSSR count). The second-order valence-corrected chi connectivity index (χ2v) is 2.22. The third-order valence-electron chi connectivity index (χ3n) is 1.58.